The number of amides is 2. The molecule has 1 aromatic carbocycles. The highest BCUT2D eigenvalue weighted by atomic mass is 19.1. The van der Waals surface area contributed by atoms with Gasteiger partial charge in [-0.15, -0.1) is 0 Å². The van der Waals surface area contributed by atoms with E-state index in [1.54, 1.807) is 34.6 Å². The Balaban J connectivity index is 2.32. The molecule has 0 saturated carbocycles. The van der Waals surface area contributed by atoms with E-state index in [1.165, 1.54) is 4.90 Å². The molecule has 5 nitrogen and oxygen atoms in total. The van der Waals surface area contributed by atoms with E-state index in [0.29, 0.717) is 0 Å². The number of nitrogens with one attached hydrogen (secondary N) is 1. The van der Waals surface area contributed by atoms with Gasteiger partial charge < -0.3 is 10.1 Å². The molecule has 1 aliphatic rings. The van der Waals surface area contributed by atoms with Crippen molar-refractivity contribution in [2.75, 3.05) is 6.54 Å². The summed E-state index contributed by atoms with van der Waals surface area (Å²) in [5.74, 6) is -1.91. The number of nitrogens with zero attached hydrogens (tertiary/aromatic N) is 1. The Labute approximate surface area is 140 Å². The minimum Gasteiger partial charge on any atom is -0.444 e. The molecule has 1 aromatic rings. The molecular formula is C17H22F2N2O3. The second-order valence-corrected chi connectivity index (χ2v) is 7.38. The van der Waals surface area contributed by atoms with Crippen LogP contribution in [0.1, 0.15) is 46.2 Å². The summed E-state index contributed by atoms with van der Waals surface area (Å²) in [6.07, 6.45) is -0.649. The third kappa shape index (κ3) is 3.83. The summed E-state index contributed by atoms with van der Waals surface area (Å²) >= 11 is 0. The molecule has 0 aromatic heterocycles. The van der Waals surface area contributed by atoms with Crippen LogP contribution in [-0.4, -0.2) is 34.6 Å². The molecule has 24 heavy (non-hydrogen) atoms. The van der Waals surface area contributed by atoms with Gasteiger partial charge in [0.2, 0.25) is 5.91 Å². The molecule has 1 atom stereocenters. The van der Waals surface area contributed by atoms with Gasteiger partial charge in [0, 0.05) is 12.6 Å². The molecule has 0 bridgehead atoms. The number of ether oxygens (including phenoxy) is 1. The highest BCUT2D eigenvalue weighted by Gasteiger charge is 2.45. The van der Waals surface area contributed by atoms with E-state index in [0.717, 1.165) is 18.2 Å². The Morgan fingerprint density at radius 3 is 2.29 bits per heavy atom. The predicted octanol–water partition coefficient (Wildman–Crippen LogP) is 3.15. The topological polar surface area (TPSA) is 58.6 Å². The van der Waals surface area contributed by atoms with Crippen molar-refractivity contribution in [2.45, 2.75) is 51.8 Å². The Hall–Kier alpha value is -2.18. The average molecular weight is 340 g/mol. The predicted molar refractivity (Wildman–Crippen MR) is 84.3 cm³/mol. The van der Waals surface area contributed by atoms with Gasteiger partial charge in [-0.25, -0.2) is 13.6 Å². The van der Waals surface area contributed by atoms with Crippen LogP contribution < -0.4 is 5.32 Å². The van der Waals surface area contributed by atoms with Crippen LogP contribution in [0.4, 0.5) is 13.6 Å². The lowest BCUT2D eigenvalue weighted by atomic mass is 9.94. The van der Waals surface area contributed by atoms with Crippen LogP contribution in [0.25, 0.3) is 0 Å². The van der Waals surface area contributed by atoms with Gasteiger partial charge in [-0.3, -0.25) is 9.69 Å². The van der Waals surface area contributed by atoms with Crippen molar-refractivity contribution < 1.29 is 23.1 Å². The zero-order chi connectivity index (χ0) is 18.3. The summed E-state index contributed by atoms with van der Waals surface area (Å²) < 4.78 is 32.3. The van der Waals surface area contributed by atoms with Crippen molar-refractivity contribution in [3.05, 3.63) is 35.4 Å². The molecule has 1 heterocycles. The molecule has 1 aliphatic heterocycles. The quantitative estimate of drug-likeness (QED) is 0.854. The van der Waals surface area contributed by atoms with Gasteiger partial charge in [0.1, 0.15) is 22.8 Å². The highest BCUT2D eigenvalue weighted by molar-refractivity contribution is 5.90. The van der Waals surface area contributed by atoms with E-state index >= 15 is 0 Å². The van der Waals surface area contributed by atoms with E-state index in [1.807, 2.05) is 0 Å². The molecule has 0 aliphatic carbocycles. The van der Waals surface area contributed by atoms with Crippen molar-refractivity contribution in [1.29, 1.82) is 0 Å². The number of carbonyl (C=O) groups is 2. The van der Waals surface area contributed by atoms with Crippen molar-refractivity contribution in [3.8, 4) is 0 Å². The molecular weight excluding hydrogens is 318 g/mol. The molecule has 1 N–H and O–H groups in total. The first-order valence-corrected chi connectivity index (χ1v) is 7.68. The van der Waals surface area contributed by atoms with Gasteiger partial charge in [-0.1, -0.05) is 0 Å². The van der Waals surface area contributed by atoms with Gasteiger partial charge in [0.05, 0.1) is 6.04 Å². The Bertz CT molecular complexity index is 648. The summed E-state index contributed by atoms with van der Waals surface area (Å²) in [5, 5.41) is 2.70. The molecule has 0 radical (unpaired) electrons. The standard InChI is InChI=1S/C17H22F2N2O3/c1-16(2,3)24-15(23)21-9-13(20-14(22)17(21,4)5)10-6-11(18)8-12(19)7-10/h6-8,13H,9H2,1-5H3,(H,20,22)/t13-/m0/s1. The van der Waals surface area contributed by atoms with E-state index < -0.39 is 40.8 Å². The van der Waals surface area contributed by atoms with Crippen LogP contribution in [0.3, 0.4) is 0 Å². The molecule has 132 valence electrons. The van der Waals surface area contributed by atoms with Gasteiger partial charge in [0.15, 0.2) is 0 Å². The molecule has 2 amide bonds. The minimum absolute atomic E-state index is 0.0521. The third-order valence-corrected chi connectivity index (χ3v) is 3.80. The van der Waals surface area contributed by atoms with Crippen LogP contribution in [0, 0.1) is 11.6 Å². The lowest BCUT2D eigenvalue weighted by Crippen LogP contribution is -2.64. The fourth-order valence-electron chi connectivity index (χ4n) is 2.50. The average Bonchev–Trinajstić information content (AvgIpc) is 2.38. The summed E-state index contributed by atoms with van der Waals surface area (Å²) in [6, 6.07) is 2.31. The Morgan fingerprint density at radius 2 is 1.79 bits per heavy atom. The normalized spacial score (nSPS) is 20.5. The van der Waals surface area contributed by atoms with Crippen LogP contribution >= 0.6 is 0 Å². The van der Waals surface area contributed by atoms with Gasteiger partial charge in [0.25, 0.3) is 0 Å². The first-order chi connectivity index (χ1) is 10.9. The van der Waals surface area contributed by atoms with Gasteiger partial charge in [-0.2, -0.15) is 0 Å². The number of carbonyl (C=O) groups excluding carboxylic acids is 2. The third-order valence-electron chi connectivity index (χ3n) is 3.80. The van der Waals surface area contributed by atoms with E-state index in [4.69, 9.17) is 4.74 Å². The van der Waals surface area contributed by atoms with Crippen LogP contribution in [-0.2, 0) is 9.53 Å². The zero-order valence-corrected chi connectivity index (χ0v) is 14.4. The molecule has 1 fully saturated rings. The maximum absolute atomic E-state index is 13.5. The number of hydrogen-bond acceptors (Lipinski definition) is 3. The highest BCUT2D eigenvalue weighted by Crippen LogP contribution is 2.29. The molecule has 1 saturated heterocycles. The van der Waals surface area contributed by atoms with Crippen molar-refractivity contribution in [1.82, 2.24) is 10.2 Å². The number of rotatable bonds is 1. The summed E-state index contributed by atoms with van der Waals surface area (Å²) in [6.45, 7) is 8.41. The SMILES string of the molecule is CC(C)(C)OC(=O)N1C[C@@H](c2cc(F)cc(F)c2)NC(=O)C1(C)C. The number of piperazine rings is 1. The first kappa shape index (κ1) is 18.2. The first-order valence-electron chi connectivity index (χ1n) is 7.68. The monoisotopic (exact) mass is 340 g/mol. The maximum atomic E-state index is 13.5. The Kier molecular flexibility index (Phi) is 4.57. The molecule has 7 heteroatoms. The second kappa shape index (κ2) is 6.03. The molecule has 0 spiro atoms. The van der Waals surface area contributed by atoms with E-state index in [9.17, 15) is 18.4 Å². The van der Waals surface area contributed by atoms with Crippen LogP contribution in [0.2, 0.25) is 0 Å². The van der Waals surface area contributed by atoms with Crippen molar-refractivity contribution in [2.24, 2.45) is 0 Å². The van der Waals surface area contributed by atoms with Crippen LogP contribution in [0.5, 0.6) is 0 Å². The molecule has 0 unspecified atom stereocenters. The maximum Gasteiger partial charge on any atom is 0.411 e. The van der Waals surface area contributed by atoms with E-state index in [-0.39, 0.29) is 12.1 Å². The fraction of sp³-hybridized carbons (Fsp3) is 0.529. The van der Waals surface area contributed by atoms with E-state index in [2.05, 4.69) is 5.32 Å². The van der Waals surface area contributed by atoms with Gasteiger partial charge >= 0.3 is 6.09 Å². The number of benzene rings is 1. The second-order valence-electron chi connectivity index (χ2n) is 7.38. The largest absolute Gasteiger partial charge is 0.444 e. The lowest BCUT2D eigenvalue weighted by Gasteiger charge is -2.44. The zero-order valence-electron chi connectivity index (χ0n) is 14.4. The van der Waals surface area contributed by atoms with Gasteiger partial charge in [-0.05, 0) is 52.3 Å². The summed E-state index contributed by atoms with van der Waals surface area (Å²) in [5.41, 5.74) is -1.60. The summed E-state index contributed by atoms with van der Waals surface area (Å²) in [4.78, 5) is 26.1. The van der Waals surface area contributed by atoms with Crippen molar-refractivity contribution >= 4 is 12.0 Å². The van der Waals surface area contributed by atoms with Crippen molar-refractivity contribution in [3.63, 3.8) is 0 Å². The van der Waals surface area contributed by atoms with Crippen LogP contribution in [0.15, 0.2) is 18.2 Å². The minimum atomic E-state index is -1.13. The fourth-order valence-corrected chi connectivity index (χ4v) is 2.50. The lowest BCUT2D eigenvalue weighted by molar-refractivity contribution is -0.136. The molecule has 2 rings (SSSR count). The number of hydrogen-bond donors (Lipinski definition) is 1. The smallest absolute Gasteiger partial charge is 0.411 e. The summed E-state index contributed by atoms with van der Waals surface area (Å²) in [7, 11) is 0. The Morgan fingerprint density at radius 1 is 1.25 bits per heavy atom. The number of halogens is 2.